The normalized spacial score (nSPS) is 11.5. The van der Waals surface area contributed by atoms with E-state index in [-0.39, 0.29) is 37.1 Å². The van der Waals surface area contributed by atoms with E-state index < -0.39 is 17.6 Å². The Morgan fingerprint density at radius 1 is 1.12 bits per heavy atom. The second-order valence-electron chi connectivity index (χ2n) is 4.88. The molecule has 2 N–H and O–H groups in total. The first-order chi connectivity index (χ1) is 12.0. The standard InChI is InChI=1S/C16H18F3N5O.HI/c1-20-15(24-11-12-5-2-3-7-21-12)23-9-10-25-14-13(16(17,18)19)6-4-8-22-14;/h2-8H,9-11H2,1H3,(H2,20,23,24);1H. The average Bonchev–Trinajstić information content (AvgIpc) is 2.61. The third kappa shape index (κ3) is 7.02. The molecule has 0 amide bonds. The van der Waals surface area contributed by atoms with E-state index in [1.54, 1.807) is 13.2 Å². The Labute approximate surface area is 166 Å². The Balaban J connectivity index is 0.00000338. The van der Waals surface area contributed by atoms with Gasteiger partial charge in [-0.3, -0.25) is 9.98 Å². The van der Waals surface area contributed by atoms with E-state index in [0.29, 0.717) is 12.5 Å². The van der Waals surface area contributed by atoms with Crippen molar-refractivity contribution in [3.8, 4) is 5.88 Å². The molecule has 0 aromatic carbocycles. The zero-order valence-electron chi connectivity index (χ0n) is 14.0. The molecule has 26 heavy (non-hydrogen) atoms. The minimum absolute atomic E-state index is 0. The van der Waals surface area contributed by atoms with Crippen molar-refractivity contribution in [3.63, 3.8) is 0 Å². The summed E-state index contributed by atoms with van der Waals surface area (Å²) in [7, 11) is 1.59. The quantitative estimate of drug-likeness (QED) is 0.288. The van der Waals surface area contributed by atoms with E-state index >= 15 is 0 Å². The minimum Gasteiger partial charge on any atom is -0.475 e. The van der Waals surface area contributed by atoms with Crippen LogP contribution in [0.2, 0.25) is 0 Å². The van der Waals surface area contributed by atoms with Crippen molar-refractivity contribution in [3.05, 3.63) is 54.0 Å². The van der Waals surface area contributed by atoms with Crippen LogP contribution in [0.25, 0.3) is 0 Å². The van der Waals surface area contributed by atoms with Crippen molar-refractivity contribution in [2.45, 2.75) is 12.7 Å². The monoisotopic (exact) mass is 481 g/mol. The molecule has 0 fully saturated rings. The number of aromatic nitrogens is 2. The van der Waals surface area contributed by atoms with Gasteiger partial charge >= 0.3 is 6.18 Å². The van der Waals surface area contributed by atoms with E-state index in [2.05, 4.69) is 25.6 Å². The van der Waals surface area contributed by atoms with Gasteiger partial charge in [-0.1, -0.05) is 6.07 Å². The van der Waals surface area contributed by atoms with Crippen LogP contribution in [0.5, 0.6) is 5.88 Å². The van der Waals surface area contributed by atoms with Crippen molar-refractivity contribution in [2.24, 2.45) is 4.99 Å². The van der Waals surface area contributed by atoms with Crippen LogP contribution in [-0.2, 0) is 12.7 Å². The largest absolute Gasteiger partial charge is 0.475 e. The highest BCUT2D eigenvalue weighted by Crippen LogP contribution is 2.34. The van der Waals surface area contributed by atoms with Crippen LogP contribution in [0.15, 0.2) is 47.7 Å². The summed E-state index contributed by atoms with van der Waals surface area (Å²) in [6.45, 7) is 0.736. The van der Waals surface area contributed by atoms with Crippen LogP contribution in [0.1, 0.15) is 11.3 Å². The molecule has 0 saturated heterocycles. The van der Waals surface area contributed by atoms with Gasteiger partial charge in [-0.15, -0.1) is 24.0 Å². The van der Waals surface area contributed by atoms with Gasteiger partial charge < -0.3 is 15.4 Å². The SMILES string of the molecule is CN=C(NCCOc1ncccc1C(F)(F)F)NCc1ccccn1.I. The number of guanidine groups is 1. The van der Waals surface area contributed by atoms with Crippen LogP contribution in [-0.4, -0.2) is 36.1 Å². The molecule has 0 bridgehead atoms. The van der Waals surface area contributed by atoms with Gasteiger partial charge in [0.1, 0.15) is 12.2 Å². The van der Waals surface area contributed by atoms with Gasteiger partial charge in [0, 0.05) is 19.4 Å². The van der Waals surface area contributed by atoms with Gasteiger partial charge in [-0.05, 0) is 24.3 Å². The number of alkyl halides is 3. The smallest absolute Gasteiger partial charge is 0.421 e. The molecule has 6 nitrogen and oxygen atoms in total. The second-order valence-corrected chi connectivity index (χ2v) is 4.88. The Bertz CT molecular complexity index is 698. The highest BCUT2D eigenvalue weighted by atomic mass is 127. The minimum atomic E-state index is -4.50. The first-order valence-electron chi connectivity index (χ1n) is 7.50. The molecule has 2 aromatic heterocycles. The first kappa shape index (κ1) is 21.9. The van der Waals surface area contributed by atoms with E-state index in [1.165, 1.54) is 12.3 Å². The molecule has 2 aromatic rings. The summed E-state index contributed by atoms with van der Waals surface area (Å²) < 4.78 is 43.6. The van der Waals surface area contributed by atoms with Gasteiger partial charge in [0.25, 0.3) is 0 Å². The fourth-order valence-electron chi connectivity index (χ4n) is 1.94. The van der Waals surface area contributed by atoms with Crippen molar-refractivity contribution in [1.29, 1.82) is 0 Å². The van der Waals surface area contributed by atoms with Crippen LogP contribution in [0.3, 0.4) is 0 Å². The Morgan fingerprint density at radius 3 is 2.54 bits per heavy atom. The number of pyridine rings is 2. The van der Waals surface area contributed by atoms with Crippen molar-refractivity contribution in [2.75, 3.05) is 20.2 Å². The highest BCUT2D eigenvalue weighted by Gasteiger charge is 2.34. The maximum Gasteiger partial charge on any atom is 0.421 e. The molecule has 0 saturated carbocycles. The summed E-state index contributed by atoms with van der Waals surface area (Å²) in [5.41, 5.74) is -0.0577. The maximum atomic E-state index is 12.8. The molecule has 142 valence electrons. The predicted molar refractivity (Wildman–Crippen MR) is 103 cm³/mol. The lowest BCUT2D eigenvalue weighted by Gasteiger charge is -2.14. The molecule has 10 heteroatoms. The van der Waals surface area contributed by atoms with Gasteiger partial charge in [-0.2, -0.15) is 13.2 Å². The number of halogens is 4. The zero-order valence-corrected chi connectivity index (χ0v) is 16.3. The number of ether oxygens (including phenoxy) is 1. The lowest BCUT2D eigenvalue weighted by molar-refractivity contribution is -0.139. The van der Waals surface area contributed by atoms with Gasteiger partial charge in [-0.25, -0.2) is 4.98 Å². The van der Waals surface area contributed by atoms with E-state index in [4.69, 9.17) is 4.74 Å². The summed E-state index contributed by atoms with van der Waals surface area (Å²) in [6.07, 6.45) is -1.56. The molecule has 0 radical (unpaired) electrons. The summed E-state index contributed by atoms with van der Waals surface area (Å²) in [6, 6.07) is 7.71. The fourth-order valence-corrected chi connectivity index (χ4v) is 1.94. The predicted octanol–water partition coefficient (Wildman–Crippen LogP) is 2.86. The summed E-state index contributed by atoms with van der Waals surface area (Å²) in [4.78, 5) is 11.8. The highest BCUT2D eigenvalue weighted by molar-refractivity contribution is 14.0. The summed E-state index contributed by atoms with van der Waals surface area (Å²) in [5.74, 6) is 0.0551. The zero-order chi connectivity index (χ0) is 18.1. The summed E-state index contributed by atoms with van der Waals surface area (Å²) >= 11 is 0. The number of rotatable bonds is 6. The van der Waals surface area contributed by atoms with Crippen LogP contribution in [0, 0.1) is 0 Å². The Kier molecular flexibility index (Phi) is 9.10. The fraction of sp³-hybridized carbons (Fsp3) is 0.312. The molecule has 0 spiro atoms. The van der Waals surface area contributed by atoms with Crippen LogP contribution >= 0.6 is 24.0 Å². The molecule has 0 atom stereocenters. The molecule has 0 aliphatic carbocycles. The van der Waals surface area contributed by atoms with Gasteiger partial charge in [0.2, 0.25) is 5.88 Å². The molecule has 0 aliphatic heterocycles. The number of hydrogen-bond acceptors (Lipinski definition) is 4. The number of hydrogen-bond donors (Lipinski definition) is 2. The van der Waals surface area contributed by atoms with Crippen LogP contribution < -0.4 is 15.4 Å². The molecular formula is C16H19F3IN5O. The number of nitrogens with zero attached hydrogens (tertiary/aromatic N) is 3. The van der Waals surface area contributed by atoms with Gasteiger partial charge in [0.15, 0.2) is 5.96 Å². The van der Waals surface area contributed by atoms with Crippen LogP contribution in [0.4, 0.5) is 13.2 Å². The third-order valence-electron chi connectivity index (χ3n) is 3.10. The first-order valence-corrected chi connectivity index (χ1v) is 7.50. The molecule has 0 aliphatic rings. The number of nitrogens with one attached hydrogen (secondary N) is 2. The maximum absolute atomic E-state index is 12.8. The van der Waals surface area contributed by atoms with E-state index in [0.717, 1.165) is 11.8 Å². The van der Waals surface area contributed by atoms with Gasteiger partial charge in [0.05, 0.1) is 18.8 Å². The second kappa shape index (κ2) is 10.8. The molecule has 2 heterocycles. The topological polar surface area (TPSA) is 71.4 Å². The Morgan fingerprint density at radius 2 is 1.88 bits per heavy atom. The van der Waals surface area contributed by atoms with Crippen molar-refractivity contribution < 1.29 is 17.9 Å². The molecular weight excluding hydrogens is 462 g/mol. The lowest BCUT2D eigenvalue weighted by Crippen LogP contribution is -2.39. The van der Waals surface area contributed by atoms with E-state index in [9.17, 15) is 13.2 Å². The number of aliphatic imine (C=N–C) groups is 1. The Hall–Kier alpha value is -2.11. The van der Waals surface area contributed by atoms with Crippen molar-refractivity contribution in [1.82, 2.24) is 20.6 Å². The van der Waals surface area contributed by atoms with Crippen molar-refractivity contribution >= 4 is 29.9 Å². The lowest BCUT2D eigenvalue weighted by atomic mass is 10.2. The average molecular weight is 481 g/mol. The molecule has 2 rings (SSSR count). The molecule has 0 unspecified atom stereocenters. The van der Waals surface area contributed by atoms with E-state index in [1.807, 2.05) is 18.2 Å². The summed E-state index contributed by atoms with van der Waals surface area (Å²) in [5, 5.41) is 5.99. The third-order valence-corrected chi connectivity index (χ3v) is 3.10.